The summed E-state index contributed by atoms with van der Waals surface area (Å²) < 4.78 is 38.4. The fraction of sp³-hybridized carbons (Fsp3) is 0.294. The zero-order chi connectivity index (χ0) is 16.7. The molecule has 5 nitrogen and oxygen atoms in total. The Labute approximate surface area is 145 Å². The highest BCUT2D eigenvalue weighted by Gasteiger charge is 2.31. The van der Waals surface area contributed by atoms with Crippen LogP contribution >= 0.6 is 11.6 Å². The van der Waals surface area contributed by atoms with Crippen molar-refractivity contribution in [3.63, 3.8) is 0 Å². The predicted molar refractivity (Wildman–Crippen MR) is 90.2 cm³/mol. The molecule has 126 valence electrons. The largest absolute Gasteiger partial charge is 0.486 e. The number of hydrogen-bond acceptors (Lipinski definition) is 4. The van der Waals surface area contributed by atoms with Gasteiger partial charge in [-0.15, -0.1) is 0 Å². The van der Waals surface area contributed by atoms with Crippen molar-refractivity contribution in [2.45, 2.75) is 17.9 Å². The van der Waals surface area contributed by atoms with Gasteiger partial charge in [-0.25, -0.2) is 8.42 Å². The van der Waals surface area contributed by atoms with Crippen LogP contribution in [0.25, 0.3) is 0 Å². The maximum atomic E-state index is 12.9. The number of sulfonamides is 1. The summed E-state index contributed by atoms with van der Waals surface area (Å²) in [6, 6.07) is 10.4. The fourth-order valence-corrected chi connectivity index (χ4v) is 4.98. The Kier molecular flexibility index (Phi) is 3.90. The molecular formula is C17H16ClNO4S. The Balaban J connectivity index is 1.68. The zero-order valence-corrected chi connectivity index (χ0v) is 14.4. The topological polar surface area (TPSA) is 55.8 Å². The smallest absolute Gasteiger partial charge is 0.244 e. The lowest BCUT2D eigenvalue weighted by Crippen LogP contribution is -2.36. The summed E-state index contributed by atoms with van der Waals surface area (Å²) in [6.07, 6.45) is 0.635. The van der Waals surface area contributed by atoms with Crippen molar-refractivity contribution in [3.05, 3.63) is 52.5 Å². The maximum Gasteiger partial charge on any atom is 0.244 e. The van der Waals surface area contributed by atoms with E-state index in [1.54, 1.807) is 18.2 Å². The minimum absolute atomic E-state index is 0.146. The van der Waals surface area contributed by atoms with Gasteiger partial charge in [0.05, 0.1) is 5.02 Å². The van der Waals surface area contributed by atoms with Crippen LogP contribution in [0.3, 0.4) is 0 Å². The second-order valence-electron chi connectivity index (χ2n) is 5.78. The van der Waals surface area contributed by atoms with E-state index < -0.39 is 10.0 Å². The fourth-order valence-electron chi connectivity index (χ4n) is 3.07. The third-order valence-corrected chi connectivity index (χ3v) is 6.64. The molecule has 0 atom stereocenters. The van der Waals surface area contributed by atoms with Crippen LogP contribution in [0, 0.1) is 0 Å². The van der Waals surface area contributed by atoms with Crippen LogP contribution in [0.5, 0.6) is 11.5 Å². The highest BCUT2D eigenvalue weighted by molar-refractivity contribution is 7.89. The van der Waals surface area contributed by atoms with Gasteiger partial charge in [0.2, 0.25) is 10.0 Å². The van der Waals surface area contributed by atoms with E-state index in [2.05, 4.69) is 0 Å². The van der Waals surface area contributed by atoms with Crippen molar-refractivity contribution >= 4 is 21.6 Å². The molecule has 7 heteroatoms. The Morgan fingerprint density at radius 2 is 1.67 bits per heavy atom. The molecule has 0 spiro atoms. The van der Waals surface area contributed by atoms with Gasteiger partial charge in [-0.05, 0) is 41.8 Å². The van der Waals surface area contributed by atoms with Crippen LogP contribution in [0.1, 0.15) is 11.1 Å². The molecule has 2 aromatic carbocycles. The molecule has 4 rings (SSSR count). The normalized spacial score (nSPS) is 17.4. The van der Waals surface area contributed by atoms with E-state index in [1.165, 1.54) is 10.4 Å². The molecule has 0 N–H and O–H groups in total. The molecule has 0 saturated heterocycles. The lowest BCUT2D eigenvalue weighted by molar-refractivity contribution is 0.171. The SMILES string of the molecule is O=S(=O)(c1ccccc1Cl)N1CCc2cc3c(cc2C1)OCCO3. The molecule has 24 heavy (non-hydrogen) atoms. The maximum absolute atomic E-state index is 12.9. The summed E-state index contributed by atoms with van der Waals surface area (Å²) >= 11 is 6.08. The van der Waals surface area contributed by atoms with E-state index in [0.29, 0.717) is 38.5 Å². The van der Waals surface area contributed by atoms with Crippen molar-refractivity contribution in [2.24, 2.45) is 0 Å². The van der Waals surface area contributed by atoms with Crippen molar-refractivity contribution < 1.29 is 17.9 Å². The Hall–Kier alpha value is -1.76. The highest BCUT2D eigenvalue weighted by atomic mass is 35.5. The lowest BCUT2D eigenvalue weighted by Gasteiger charge is -2.30. The molecule has 0 aromatic heterocycles. The molecule has 2 heterocycles. The van der Waals surface area contributed by atoms with E-state index in [0.717, 1.165) is 16.9 Å². The van der Waals surface area contributed by atoms with E-state index in [1.807, 2.05) is 12.1 Å². The average molecular weight is 366 g/mol. The van der Waals surface area contributed by atoms with Crippen molar-refractivity contribution in [2.75, 3.05) is 19.8 Å². The molecule has 0 radical (unpaired) electrons. The zero-order valence-electron chi connectivity index (χ0n) is 12.9. The summed E-state index contributed by atoms with van der Waals surface area (Å²) in [7, 11) is -3.63. The number of benzene rings is 2. The molecular weight excluding hydrogens is 350 g/mol. The van der Waals surface area contributed by atoms with Gasteiger partial charge in [0.25, 0.3) is 0 Å². The first-order valence-electron chi connectivity index (χ1n) is 7.72. The first-order valence-corrected chi connectivity index (χ1v) is 9.53. The molecule has 0 bridgehead atoms. The predicted octanol–water partition coefficient (Wildman–Crippen LogP) is 2.86. The second kappa shape index (κ2) is 5.95. The number of nitrogens with zero attached hydrogens (tertiary/aromatic N) is 1. The summed E-state index contributed by atoms with van der Waals surface area (Å²) in [5.41, 5.74) is 2.05. The van der Waals surface area contributed by atoms with Gasteiger partial charge in [0.1, 0.15) is 18.1 Å². The van der Waals surface area contributed by atoms with E-state index in [4.69, 9.17) is 21.1 Å². The third kappa shape index (κ3) is 2.64. The third-order valence-electron chi connectivity index (χ3n) is 4.30. The van der Waals surface area contributed by atoms with E-state index in [-0.39, 0.29) is 9.92 Å². The quantitative estimate of drug-likeness (QED) is 0.821. The first kappa shape index (κ1) is 15.7. The first-order chi connectivity index (χ1) is 11.6. The van der Waals surface area contributed by atoms with Gasteiger partial charge in [-0.3, -0.25) is 0 Å². The van der Waals surface area contributed by atoms with E-state index >= 15 is 0 Å². The number of fused-ring (bicyclic) bond motifs is 2. The molecule has 2 aliphatic heterocycles. The van der Waals surface area contributed by atoms with Gasteiger partial charge in [0, 0.05) is 13.1 Å². The van der Waals surface area contributed by atoms with E-state index in [9.17, 15) is 8.42 Å². The monoisotopic (exact) mass is 365 g/mol. The van der Waals surface area contributed by atoms with Gasteiger partial charge in [-0.1, -0.05) is 23.7 Å². The Morgan fingerprint density at radius 1 is 1.00 bits per heavy atom. The summed E-state index contributed by atoms with van der Waals surface area (Å²) in [5.74, 6) is 1.42. The molecule has 2 aliphatic rings. The molecule has 0 unspecified atom stereocenters. The van der Waals surface area contributed by atoms with Gasteiger partial charge < -0.3 is 9.47 Å². The van der Waals surface area contributed by atoms with Crippen LogP contribution in [-0.2, 0) is 23.0 Å². The van der Waals surface area contributed by atoms with Crippen molar-refractivity contribution in [3.8, 4) is 11.5 Å². The lowest BCUT2D eigenvalue weighted by atomic mass is 10.00. The molecule has 0 aliphatic carbocycles. The highest BCUT2D eigenvalue weighted by Crippen LogP contribution is 2.36. The molecule has 0 fully saturated rings. The summed E-state index contributed by atoms with van der Waals surface area (Å²) in [4.78, 5) is 0.146. The number of ether oxygens (including phenoxy) is 2. The van der Waals surface area contributed by atoms with Crippen molar-refractivity contribution in [1.29, 1.82) is 0 Å². The van der Waals surface area contributed by atoms with Crippen LogP contribution in [-0.4, -0.2) is 32.5 Å². The van der Waals surface area contributed by atoms with Crippen molar-refractivity contribution in [1.82, 2.24) is 4.31 Å². The van der Waals surface area contributed by atoms with Crippen LogP contribution in [0.4, 0.5) is 0 Å². The average Bonchev–Trinajstić information content (AvgIpc) is 2.59. The minimum atomic E-state index is -3.63. The van der Waals surface area contributed by atoms with Crippen LogP contribution < -0.4 is 9.47 Å². The Morgan fingerprint density at radius 3 is 2.38 bits per heavy atom. The molecule has 2 aromatic rings. The molecule has 0 saturated carbocycles. The minimum Gasteiger partial charge on any atom is -0.486 e. The summed E-state index contributed by atoms with van der Waals surface area (Å²) in [5, 5.41) is 0.241. The summed E-state index contributed by atoms with van der Waals surface area (Å²) in [6.45, 7) is 1.77. The van der Waals surface area contributed by atoms with Gasteiger partial charge in [-0.2, -0.15) is 4.31 Å². The number of halogens is 1. The van der Waals surface area contributed by atoms with Crippen LogP contribution in [0.2, 0.25) is 5.02 Å². The standard InChI is InChI=1S/C17H16ClNO4S/c18-14-3-1-2-4-17(14)24(20,21)19-6-5-12-9-15-16(10-13(12)11-19)23-8-7-22-15/h1-4,9-10H,5-8,11H2. The Bertz CT molecular complexity index is 897. The van der Waals surface area contributed by atoms with Gasteiger partial charge in [0.15, 0.2) is 11.5 Å². The number of hydrogen-bond donors (Lipinski definition) is 0. The molecule has 0 amide bonds. The van der Waals surface area contributed by atoms with Crippen LogP contribution in [0.15, 0.2) is 41.3 Å². The second-order valence-corrected chi connectivity index (χ2v) is 8.10. The number of rotatable bonds is 2. The van der Waals surface area contributed by atoms with Gasteiger partial charge >= 0.3 is 0 Å².